The number of hydrogen-bond acceptors (Lipinski definition) is 4. The van der Waals surface area contributed by atoms with Gasteiger partial charge in [-0.05, 0) is 38.8 Å². The normalized spacial score (nSPS) is 11.7. The number of allylic oxidation sites excluding steroid dienone is 1. The second kappa shape index (κ2) is 6.19. The van der Waals surface area contributed by atoms with Crippen LogP contribution < -0.4 is 5.73 Å². The lowest BCUT2D eigenvalue weighted by Gasteiger charge is -2.19. The lowest BCUT2D eigenvalue weighted by Crippen LogP contribution is -2.23. The summed E-state index contributed by atoms with van der Waals surface area (Å²) in [5.74, 6) is -0.183. The first kappa shape index (κ1) is 14.2. The van der Waals surface area contributed by atoms with Crippen molar-refractivity contribution in [2.24, 2.45) is 0 Å². The number of nitrogens with zero attached hydrogens (tertiary/aromatic N) is 1. The number of aromatic nitrogens is 1. The Labute approximate surface area is 108 Å². The molecule has 0 radical (unpaired) electrons. The van der Waals surface area contributed by atoms with Crippen LogP contribution in [0.4, 0.5) is 5.69 Å². The zero-order valence-corrected chi connectivity index (χ0v) is 11.1. The third-order valence-electron chi connectivity index (χ3n) is 2.03. The fourth-order valence-electron chi connectivity index (χ4n) is 1.38. The molecule has 0 bridgehead atoms. The van der Waals surface area contributed by atoms with Gasteiger partial charge in [0.25, 0.3) is 0 Å². The van der Waals surface area contributed by atoms with Gasteiger partial charge < -0.3 is 10.5 Å². The Kier molecular flexibility index (Phi) is 4.89. The molecule has 0 spiro atoms. The molecule has 4 nitrogen and oxygen atoms in total. The van der Waals surface area contributed by atoms with E-state index in [1.54, 1.807) is 12.4 Å². The molecule has 0 atom stereocenters. The van der Waals surface area contributed by atoms with E-state index in [1.165, 1.54) is 0 Å². The highest BCUT2D eigenvalue weighted by atomic mass is 16.6. The highest BCUT2D eigenvalue weighted by Gasteiger charge is 2.14. The molecule has 0 unspecified atom stereocenters. The third kappa shape index (κ3) is 6.03. The molecule has 1 heterocycles. The van der Waals surface area contributed by atoms with Gasteiger partial charge in [0, 0.05) is 18.8 Å². The summed E-state index contributed by atoms with van der Waals surface area (Å²) in [5.41, 5.74) is 6.75. The van der Waals surface area contributed by atoms with Crippen molar-refractivity contribution in [1.82, 2.24) is 4.98 Å². The molecule has 0 saturated carbocycles. The van der Waals surface area contributed by atoms with E-state index >= 15 is 0 Å². The van der Waals surface area contributed by atoms with Crippen LogP contribution in [0.2, 0.25) is 0 Å². The van der Waals surface area contributed by atoms with Gasteiger partial charge in [-0.3, -0.25) is 9.78 Å². The summed E-state index contributed by atoms with van der Waals surface area (Å²) in [5, 5.41) is 0. The second-order valence-electron chi connectivity index (χ2n) is 5.08. The SMILES string of the molecule is CC(C)(C)OC(=O)CC/C=C\c1cncc(N)c1. The fraction of sp³-hybridized carbons (Fsp3) is 0.429. The molecular weight excluding hydrogens is 228 g/mol. The van der Waals surface area contributed by atoms with E-state index in [4.69, 9.17) is 10.5 Å². The number of anilines is 1. The van der Waals surface area contributed by atoms with Gasteiger partial charge in [0.15, 0.2) is 0 Å². The molecule has 0 amide bonds. The van der Waals surface area contributed by atoms with Crippen molar-refractivity contribution in [1.29, 1.82) is 0 Å². The molecule has 0 saturated heterocycles. The van der Waals surface area contributed by atoms with E-state index < -0.39 is 5.60 Å². The monoisotopic (exact) mass is 248 g/mol. The minimum absolute atomic E-state index is 0.183. The average Bonchev–Trinajstić information content (AvgIpc) is 2.22. The first-order valence-corrected chi connectivity index (χ1v) is 5.96. The molecule has 18 heavy (non-hydrogen) atoms. The van der Waals surface area contributed by atoms with Crippen molar-refractivity contribution in [2.75, 3.05) is 5.73 Å². The maximum atomic E-state index is 11.4. The summed E-state index contributed by atoms with van der Waals surface area (Å²) >= 11 is 0. The van der Waals surface area contributed by atoms with Crippen LogP contribution in [-0.2, 0) is 9.53 Å². The van der Waals surface area contributed by atoms with Crippen molar-refractivity contribution in [3.63, 3.8) is 0 Å². The smallest absolute Gasteiger partial charge is 0.306 e. The number of rotatable bonds is 4. The highest BCUT2D eigenvalue weighted by Crippen LogP contribution is 2.10. The molecule has 0 aliphatic rings. The Morgan fingerprint density at radius 3 is 2.78 bits per heavy atom. The lowest BCUT2D eigenvalue weighted by atomic mass is 10.2. The number of nitrogen functional groups attached to an aromatic ring is 1. The second-order valence-corrected chi connectivity index (χ2v) is 5.08. The standard InChI is InChI=1S/C14H20N2O2/c1-14(2,3)18-13(17)7-5-4-6-11-8-12(15)10-16-9-11/h4,6,8-10H,5,7,15H2,1-3H3/b6-4-. The molecule has 0 aliphatic carbocycles. The lowest BCUT2D eigenvalue weighted by molar-refractivity contribution is -0.154. The first-order valence-electron chi connectivity index (χ1n) is 5.96. The van der Waals surface area contributed by atoms with E-state index in [0.717, 1.165) is 5.56 Å². The van der Waals surface area contributed by atoms with Crippen LogP contribution in [0.5, 0.6) is 0 Å². The molecule has 98 valence electrons. The van der Waals surface area contributed by atoms with E-state index in [9.17, 15) is 4.79 Å². The van der Waals surface area contributed by atoms with Crippen molar-refractivity contribution < 1.29 is 9.53 Å². The predicted molar refractivity (Wildman–Crippen MR) is 72.8 cm³/mol. The summed E-state index contributed by atoms with van der Waals surface area (Å²) in [7, 11) is 0. The van der Waals surface area contributed by atoms with Crippen molar-refractivity contribution in [2.45, 2.75) is 39.2 Å². The Morgan fingerprint density at radius 1 is 1.44 bits per heavy atom. The number of carbonyl (C=O) groups is 1. The Balaban J connectivity index is 2.36. The topological polar surface area (TPSA) is 65.2 Å². The summed E-state index contributed by atoms with van der Waals surface area (Å²) in [6.45, 7) is 5.58. The van der Waals surface area contributed by atoms with Crippen molar-refractivity contribution in [3.05, 3.63) is 30.1 Å². The molecule has 0 aromatic carbocycles. The number of nitrogens with two attached hydrogens (primary N) is 1. The molecule has 0 aliphatic heterocycles. The van der Waals surface area contributed by atoms with Gasteiger partial charge in [-0.15, -0.1) is 0 Å². The van der Waals surface area contributed by atoms with Crippen molar-refractivity contribution in [3.8, 4) is 0 Å². The summed E-state index contributed by atoms with van der Waals surface area (Å²) in [6.07, 6.45) is 8.15. The van der Waals surface area contributed by atoms with E-state index in [2.05, 4.69) is 4.98 Å². The Morgan fingerprint density at radius 2 is 2.17 bits per heavy atom. The van der Waals surface area contributed by atoms with Crippen LogP contribution >= 0.6 is 0 Å². The molecule has 1 aromatic heterocycles. The minimum atomic E-state index is -0.418. The van der Waals surface area contributed by atoms with Gasteiger partial charge in [-0.2, -0.15) is 0 Å². The highest BCUT2D eigenvalue weighted by molar-refractivity contribution is 5.70. The summed E-state index contributed by atoms with van der Waals surface area (Å²) in [4.78, 5) is 15.4. The van der Waals surface area contributed by atoms with E-state index in [-0.39, 0.29) is 5.97 Å². The number of esters is 1. The van der Waals surface area contributed by atoms with Gasteiger partial charge in [-0.1, -0.05) is 12.2 Å². The first-order chi connectivity index (χ1) is 8.37. The van der Waals surface area contributed by atoms with Gasteiger partial charge in [0.2, 0.25) is 0 Å². The number of hydrogen-bond donors (Lipinski definition) is 1. The molecular formula is C14H20N2O2. The van der Waals surface area contributed by atoms with Gasteiger partial charge in [0.1, 0.15) is 5.60 Å². The number of pyridine rings is 1. The fourth-order valence-corrected chi connectivity index (χ4v) is 1.38. The van der Waals surface area contributed by atoms with Crippen LogP contribution in [-0.4, -0.2) is 16.6 Å². The largest absolute Gasteiger partial charge is 0.460 e. The number of carbonyl (C=O) groups excluding carboxylic acids is 1. The van der Waals surface area contributed by atoms with E-state index in [0.29, 0.717) is 18.5 Å². The Bertz CT molecular complexity index is 434. The minimum Gasteiger partial charge on any atom is -0.460 e. The molecule has 1 rings (SSSR count). The maximum absolute atomic E-state index is 11.4. The van der Waals surface area contributed by atoms with E-state index in [1.807, 2.05) is 39.0 Å². The summed E-state index contributed by atoms with van der Waals surface area (Å²) < 4.78 is 5.20. The average molecular weight is 248 g/mol. The van der Waals surface area contributed by atoms with Crippen LogP contribution in [0.1, 0.15) is 39.2 Å². The van der Waals surface area contributed by atoms with Crippen LogP contribution in [0, 0.1) is 0 Å². The summed E-state index contributed by atoms with van der Waals surface area (Å²) in [6, 6.07) is 1.83. The van der Waals surface area contributed by atoms with Gasteiger partial charge in [-0.25, -0.2) is 0 Å². The quantitative estimate of drug-likeness (QED) is 0.832. The van der Waals surface area contributed by atoms with Crippen LogP contribution in [0.3, 0.4) is 0 Å². The van der Waals surface area contributed by atoms with Crippen molar-refractivity contribution >= 4 is 17.7 Å². The van der Waals surface area contributed by atoms with Crippen LogP contribution in [0.15, 0.2) is 24.5 Å². The molecule has 4 heteroatoms. The van der Waals surface area contributed by atoms with Gasteiger partial charge in [0.05, 0.1) is 5.69 Å². The zero-order valence-electron chi connectivity index (χ0n) is 11.1. The molecule has 0 fully saturated rings. The molecule has 2 N–H and O–H groups in total. The van der Waals surface area contributed by atoms with Crippen LogP contribution in [0.25, 0.3) is 6.08 Å². The predicted octanol–water partition coefficient (Wildman–Crippen LogP) is 2.80. The maximum Gasteiger partial charge on any atom is 0.306 e. The van der Waals surface area contributed by atoms with Gasteiger partial charge >= 0.3 is 5.97 Å². The number of ether oxygens (including phenoxy) is 1. The third-order valence-corrected chi connectivity index (χ3v) is 2.03. The zero-order chi connectivity index (χ0) is 13.6. The Hall–Kier alpha value is -1.84. The molecule has 1 aromatic rings.